The molecule has 3 nitrogen and oxygen atoms in total. The predicted octanol–water partition coefficient (Wildman–Crippen LogP) is 2.31. The fraction of sp³-hybridized carbons (Fsp3) is 0.273. The first-order valence-electron chi connectivity index (χ1n) is 4.45. The number of benzene rings is 1. The van der Waals surface area contributed by atoms with Crippen LogP contribution in [0.25, 0.3) is 0 Å². The van der Waals surface area contributed by atoms with Gasteiger partial charge in [-0.25, -0.2) is 0 Å². The van der Waals surface area contributed by atoms with E-state index < -0.39 is 5.78 Å². The second-order valence-corrected chi connectivity index (χ2v) is 2.51. The van der Waals surface area contributed by atoms with E-state index in [0.29, 0.717) is 11.3 Å². The molecule has 0 aliphatic heterocycles. The normalized spacial score (nSPS) is 8.14. The van der Waals surface area contributed by atoms with Crippen LogP contribution in [0.3, 0.4) is 0 Å². The van der Waals surface area contributed by atoms with E-state index in [4.69, 9.17) is 11.0 Å². The Morgan fingerprint density at radius 2 is 2.00 bits per heavy atom. The maximum Gasteiger partial charge on any atom is 0.262 e. The molecule has 0 radical (unpaired) electrons. The third-order valence-corrected chi connectivity index (χ3v) is 1.63. The van der Waals surface area contributed by atoms with Crippen LogP contribution in [-0.4, -0.2) is 5.78 Å². The quantitative estimate of drug-likeness (QED) is 0.419. The summed E-state index contributed by atoms with van der Waals surface area (Å²) in [6.07, 6.45) is 0. The number of Topliss-reactive ketones (excluding diaryl/α,β-unsaturated/α-hetero) is 1. The summed E-state index contributed by atoms with van der Waals surface area (Å²) in [6, 6.07) is 6.33. The Hall–Kier alpha value is -1.82. The van der Waals surface area contributed by atoms with E-state index in [1.54, 1.807) is 31.2 Å². The molecule has 74 valence electrons. The summed E-state index contributed by atoms with van der Waals surface area (Å²) in [5.74, 6) is -0.530. The molecule has 0 amide bonds. The van der Waals surface area contributed by atoms with Crippen molar-refractivity contribution in [3.63, 3.8) is 0 Å². The van der Waals surface area contributed by atoms with Crippen molar-refractivity contribution in [2.75, 3.05) is 5.73 Å². The molecule has 0 aromatic heterocycles. The molecule has 14 heavy (non-hydrogen) atoms. The van der Waals surface area contributed by atoms with Gasteiger partial charge in [0.2, 0.25) is 0 Å². The zero-order chi connectivity index (χ0) is 11.1. The molecule has 0 aliphatic rings. The molecule has 0 atom stereocenters. The molecule has 1 aromatic rings. The van der Waals surface area contributed by atoms with Gasteiger partial charge in [0.05, 0.1) is 0 Å². The van der Waals surface area contributed by atoms with Gasteiger partial charge in [0.25, 0.3) is 5.78 Å². The first kappa shape index (κ1) is 12.2. The molecule has 0 spiro atoms. The fourth-order valence-corrected chi connectivity index (χ4v) is 0.881. The zero-order valence-electron chi connectivity index (χ0n) is 8.66. The van der Waals surface area contributed by atoms with Crippen molar-refractivity contribution in [3.8, 4) is 6.07 Å². The Kier molecular flexibility index (Phi) is 5.01. The van der Waals surface area contributed by atoms with Crippen LogP contribution in [0, 0.1) is 18.3 Å². The Morgan fingerprint density at radius 3 is 2.43 bits per heavy atom. The second kappa shape index (κ2) is 5.76. The van der Waals surface area contributed by atoms with Crippen LogP contribution < -0.4 is 5.73 Å². The van der Waals surface area contributed by atoms with Gasteiger partial charge in [0.1, 0.15) is 6.07 Å². The summed E-state index contributed by atoms with van der Waals surface area (Å²) in [5, 5.41) is 8.32. The monoisotopic (exact) mass is 190 g/mol. The Balaban J connectivity index is 0.000000791. The van der Waals surface area contributed by atoms with Gasteiger partial charge >= 0.3 is 0 Å². The summed E-state index contributed by atoms with van der Waals surface area (Å²) in [7, 11) is 0. The van der Waals surface area contributed by atoms with Gasteiger partial charge in [-0.1, -0.05) is 13.8 Å². The van der Waals surface area contributed by atoms with Crippen molar-refractivity contribution in [2.45, 2.75) is 20.8 Å². The van der Waals surface area contributed by atoms with E-state index in [9.17, 15) is 4.79 Å². The van der Waals surface area contributed by atoms with E-state index in [-0.39, 0.29) is 0 Å². The highest BCUT2D eigenvalue weighted by Crippen LogP contribution is 2.12. The van der Waals surface area contributed by atoms with Crippen LogP contribution in [0.5, 0.6) is 0 Å². The lowest BCUT2D eigenvalue weighted by Crippen LogP contribution is -1.97. The Morgan fingerprint density at radius 1 is 1.43 bits per heavy atom. The van der Waals surface area contributed by atoms with Gasteiger partial charge in [-0.3, -0.25) is 4.79 Å². The summed E-state index contributed by atoms with van der Waals surface area (Å²) in [6.45, 7) is 5.80. The number of nitrogens with zero attached hydrogens (tertiary/aromatic N) is 1. The molecule has 0 saturated heterocycles. The molecule has 0 heterocycles. The highest BCUT2D eigenvalue weighted by molar-refractivity contribution is 6.07. The number of nitrogens with two attached hydrogens (primary N) is 1. The Labute approximate surface area is 84.2 Å². The number of hydrogen-bond acceptors (Lipinski definition) is 3. The SMILES string of the molecule is CC.Cc1cc(C(=O)C#N)ccc1N. The van der Waals surface area contributed by atoms with Crippen molar-refractivity contribution in [1.82, 2.24) is 0 Å². The molecule has 3 heteroatoms. The first-order valence-corrected chi connectivity index (χ1v) is 4.45. The third-order valence-electron chi connectivity index (χ3n) is 1.63. The van der Waals surface area contributed by atoms with Gasteiger partial charge in [0.15, 0.2) is 0 Å². The molecule has 0 saturated carbocycles. The minimum Gasteiger partial charge on any atom is -0.399 e. The molecule has 0 fully saturated rings. The number of hydrogen-bond donors (Lipinski definition) is 1. The van der Waals surface area contributed by atoms with Crippen LogP contribution in [0.1, 0.15) is 29.8 Å². The summed E-state index contributed by atoms with van der Waals surface area (Å²) >= 11 is 0. The molecular formula is C11H14N2O. The highest BCUT2D eigenvalue weighted by Gasteiger charge is 2.04. The van der Waals surface area contributed by atoms with Gasteiger partial charge in [-0.15, -0.1) is 0 Å². The van der Waals surface area contributed by atoms with Crippen LogP contribution in [0.2, 0.25) is 0 Å². The van der Waals surface area contributed by atoms with E-state index in [0.717, 1.165) is 5.56 Å². The second-order valence-electron chi connectivity index (χ2n) is 2.51. The number of nitriles is 1. The van der Waals surface area contributed by atoms with Gasteiger partial charge < -0.3 is 5.73 Å². The fourth-order valence-electron chi connectivity index (χ4n) is 0.881. The maximum absolute atomic E-state index is 10.9. The average Bonchev–Trinajstić information content (AvgIpc) is 2.24. The van der Waals surface area contributed by atoms with Gasteiger partial charge in [-0.2, -0.15) is 5.26 Å². The van der Waals surface area contributed by atoms with Crippen LogP contribution in [-0.2, 0) is 0 Å². The summed E-state index contributed by atoms with van der Waals surface area (Å²) in [5.41, 5.74) is 7.37. The number of nitrogen functional groups attached to an aromatic ring is 1. The number of ketones is 1. The average molecular weight is 190 g/mol. The molecule has 1 rings (SSSR count). The van der Waals surface area contributed by atoms with Crippen LogP contribution >= 0.6 is 0 Å². The molecular weight excluding hydrogens is 176 g/mol. The Bertz CT molecular complexity index is 364. The number of carbonyl (C=O) groups excluding carboxylic acids is 1. The minimum atomic E-state index is -0.530. The first-order chi connectivity index (χ1) is 6.65. The lowest BCUT2D eigenvalue weighted by atomic mass is 10.1. The number of anilines is 1. The smallest absolute Gasteiger partial charge is 0.262 e. The standard InChI is InChI=1S/C9H8N2O.C2H6/c1-6-4-7(9(12)5-10)2-3-8(6)11;1-2/h2-4H,11H2,1H3;1-2H3. The highest BCUT2D eigenvalue weighted by atomic mass is 16.1. The van der Waals surface area contributed by atoms with E-state index in [2.05, 4.69) is 0 Å². The topological polar surface area (TPSA) is 66.9 Å². The zero-order valence-corrected chi connectivity index (χ0v) is 8.66. The van der Waals surface area contributed by atoms with Crippen molar-refractivity contribution >= 4 is 11.5 Å². The van der Waals surface area contributed by atoms with Gasteiger partial charge in [0, 0.05) is 11.3 Å². The van der Waals surface area contributed by atoms with Crippen molar-refractivity contribution in [2.24, 2.45) is 0 Å². The molecule has 2 N–H and O–H groups in total. The lowest BCUT2D eigenvalue weighted by molar-refractivity contribution is 0.105. The van der Waals surface area contributed by atoms with E-state index in [1.165, 1.54) is 0 Å². The van der Waals surface area contributed by atoms with Crippen molar-refractivity contribution in [3.05, 3.63) is 29.3 Å². The molecule has 0 aliphatic carbocycles. The van der Waals surface area contributed by atoms with E-state index in [1.807, 2.05) is 13.8 Å². The van der Waals surface area contributed by atoms with Gasteiger partial charge in [-0.05, 0) is 30.7 Å². The largest absolute Gasteiger partial charge is 0.399 e. The summed E-state index contributed by atoms with van der Waals surface area (Å²) < 4.78 is 0. The number of rotatable bonds is 1. The molecule has 0 unspecified atom stereocenters. The van der Waals surface area contributed by atoms with Crippen molar-refractivity contribution in [1.29, 1.82) is 5.26 Å². The molecule has 1 aromatic carbocycles. The van der Waals surface area contributed by atoms with Crippen LogP contribution in [0.4, 0.5) is 5.69 Å². The van der Waals surface area contributed by atoms with Crippen molar-refractivity contribution < 1.29 is 4.79 Å². The lowest BCUT2D eigenvalue weighted by Gasteiger charge is -1.99. The number of carbonyl (C=O) groups is 1. The third kappa shape index (κ3) is 2.91. The number of aryl methyl sites for hydroxylation is 1. The minimum absolute atomic E-state index is 0.393. The predicted molar refractivity (Wildman–Crippen MR) is 56.9 cm³/mol. The maximum atomic E-state index is 10.9. The summed E-state index contributed by atoms with van der Waals surface area (Å²) in [4.78, 5) is 10.9. The molecule has 0 bridgehead atoms. The van der Waals surface area contributed by atoms with Crippen LogP contribution in [0.15, 0.2) is 18.2 Å². The van der Waals surface area contributed by atoms with E-state index >= 15 is 0 Å².